The van der Waals surface area contributed by atoms with Crippen LogP contribution in [-0.4, -0.2) is 37.6 Å². The molecule has 0 N–H and O–H groups in total. The molecule has 1 aromatic carbocycles. The van der Waals surface area contributed by atoms with Crippen LogP contribution >= 0.6 is 0 Å². The number of benzene rings is 1. The Kier molecular flexibility index (Phi) is 4.02. The van der Waals surface area contributed by atoms with Crippen molar-refractivity contribution < 1.29 is 9.53 Å². The number of rotatable bonds is 3. The summed E-state index contributed by atoms with van der Waals surface area (Å²) < 4.78 is 5.35. The van der Waals surface area contributed by atoms with Crippen molar-refractivity contribution in [1.82, 2.24) is 4.90 Å². The van der Waals surface area contributed by atoms with Crippen molar-refractivity contribution in [2.24, 2.45) is 5.92 Å². The van der Waals surface area contributed by atoms with Crippen molar-refractivity contribution in [2.75, 3.05) is 26.8 Å². The van der Waals surface area contributed by atoms with E-state index in [2.05, 4.69) is 0 Å². The first-order chi connectivity index (χ1) is 8.58. The van der Waals surface area contributed by atoms with E-state index in [0.29, 0.717) is 5.92 Å². The van der Waals surface area contributed by atoms with Crippen molar-refractivity contribution >= 4 is 5.91 Å². The Morgan fingerprint density at radius 1 is 1.44 bits per heavy atom. The van der Waals surface area contributed by atoms with Gasteiger partial charge in [0.15, 0.2) is 0 Å². The molecule has 1 atom stereocenters. The molecule has 1 unspecified atom stereocenters. The van der Waals surface area contributed by atoms with Gasteiger partial charge in [-0.2, -0.15) is 0 Å². The first-order valence-electron chi connectivity index (χ1n) is 6.48. The van der Waals surface area contributed by atoms with Crippen LogP contribution in [0.2, 0.25) is 0 Å². The zero-order valence-corrected chi connectivity index (χ0v) is 11.4. The minimum atomic E-state index is 0.114. The standard InChI is InChI=1S/C15H21NO2/c1-11-4-5-12(2)14(8-11)15(17)16(3)9-13-6-7-18-10-13/h4-5,8,13H,6-7,9-10H2,1-3H3. The number of aryl methyl sites for hydroxylation is 2. The third-order valence-corrected chi connectivity index (χ3v) is 3.53. The van der Waals surface area contributed by atoms with Gasteiger partial charge in [0.1, 0.15) is 0 Å². The largest absolute Gasteiger partial charge is 0.381 e. The van der Waals surface area contributed by atoms with Crippen molar-refractivity contribution in [3.8, 4) is 0 Å². The number of ether oxygens (including phenoxy) is 1. The van der Waals surface area contributed by atoms with Gasteiger partial charge < -0.3 is 9.64 Å². The molecule has 3 heteroatoms. The highest BCUT2D eigenvalue weighted by atomic mass is 16.5. The highest BCUT2D eigenvalue weighted by Gasteiger charge is 2.21. The van der Waals surface area contributed by atoms with Gasteiger partial charge in [0, 0.05) is 31.7 Å². The number of amides is 1. The average Bonchev–Trinajstić information content (AvgIpc) is 2.84. The quantitative estimate of drug-likeness (QED) is 0.821. The molecule has 0 radical (unpaired) electrons. The van der Waals surface area contributed by atoms with Crippen LogP contribution in [0.25, 0.3) is 0 Å². The fourth-order valence-corrected chi connectivity index (χ4v) is 2.37. The first-order valence-corrected chi connectivity index (χ1v) is 6.48. The lowest BCUT2D eigenvalue weighted by Crippen LogP contribution is -2.32. The molecule has 1 amide bonds. The third kappa shape index (κ3) is 2.91. The molecule has 18 heavy (non-hydrogen) atoms. The van der Waals surface area contributed by atoms with E-state index >= 15 is 0 Å². The van der Waals surface area contributed by atoms with Crippen LogP contribution in [-0.2, 0) is 4.74 Å². The van der Waals surface area contributed by atoms with Gasteiger partial charge in [-0.15, -0.1) is 0 Å². The molecule has 0 aliphatic carbocycles. The summed E-state index contributed by atoms with van der Waals surface area (Å²) in [4.78, 5) is 14.2. The number of carbonyl (C=O) groups excluding carboxylic acids is 1. The van der Waals surface area contributed by atoms with E-state index in [1.54, 1.807) is 0 Å². The zero-order valence-electron chi connectivity index (χ0n) is 11.4. The van der Waals surface area contributed by atoms with Gasteiger partial charge in [-0.25, -0.2) is 0 Å². The van der Waals surface area contributed by atoms with E-state index in [0.717, 1.165) is 42.9 Å². The molecule has 1 fully saturated rings. The minimum Gasteiger partial charge on any atom is -0.381 e. The summed E-state index contributed by atoms with van der Waals surface area (Å²) >= 11 is 0. The maximum absolute atomic E-state index is 12.4. The minimum absolute atomic E-state index is 0.114. The number of carbonyl (C=O) groups is 1. The summed E-state index contributed by atoms with van der Waals surface area (Å²) in [6.45, 7) is 6.40. The van der Waals surface area contributed by atoms with Gasteiger partial charge in [0.05, 0.1) is 6.61 Å². The SMILES string of the molecule is Cc1ccc(C)c(C(=O)N(C)CC2CCOC2)c1. The van der Waals surface area contributed by atoms with Gasteiger partial charge in [-0.3, -0.25) is 4.79 Å². The van der Waals surface area contributed by atoms with Crippen LogP contribution in [0.15, 0.2) is 18.2 Å². The molecule has 98 valence electrons. The van der Waals surface area contributed by atoms with Crippen molar-refractivity contribution in [3.05, 3.63) is 34.9 Å². The van der Waals surface area contributed by atoms with Crippen LogP contribution in [0.1, 0.15) is 27.9 Å². The summed E-state index contributed by atoms with van der Waals surface area (Å²) in [5.41, 5.74) is 2.98. The van der Waals surface area contributed by atoms with E-state index in [1.165, 1.54) is 0 Å². The molecule has 2 rings (SSSR count). The van der Waals surface area contributed by atoms with E-state index in [4.69, 9.17) is 4.74 Å². The second kappa shape index (κ2) is 5.53. The zero-order chi connectivity index (χ0) is 13.1. The fourth-order valence-electron chi connectivity index (χ4n) is 2.37. The van der Waals surface area contributed by atoms with E-state index in [-0.39, 0.29) is 5.91 Å². The van der Waals surface area contributed by atoms with Crippen LogP contribution in [0, 0.1) is 19.8 Å². The second-order valence-corrected chi connectivity index (χ2v) is 5.23. The highest BCUT2D eigenvalue weighted by Crippen LogP contribution is 2.17. The Morgan fingerprint density at radius 2 is 2.22 bits per heavy atom. The van der Waals surface area contributed by atoms with Crippen LogP contribution in [0.5, 0.6) is 0 Å². The monoisotopic (exact) mass is 247 g/mol. The molecule has 0 saturated carbocycles. The van der Waals surface area contributed by atoms with Gasteiger partial charge in [0.2, 0.25) is 0 Å². The topological polar surface area (TPSA) is 29.5 Å². The summed E-state index contributed by atoms with van der Waals surface area (Å²) in [7, 11) is 1.88. The lowest BCUT2D eigenvalue weighted by Gasteiger charge is -2.21. The number of hydrogen-bond donors (Lipinski definition) is 0. The predicted octanol–water partition coefficient (Wildman–Crippen LogP) is 2.41. The van der Waals surface area contributed by atoms with Gasteiger partial charge in [-0.1, -0.05) is 17.7 Å². The fraction of sp³-hybridized carbons (Fsp3) is 0.533. The summed E-state index contributed by atoms with van der Waals surface area (Å²) in [5, 5.41) is 0. The normalized spacial score (nSPS) is 18.9. The highest BCUT2D eigenvalue weighted by molar-refractivity contribution is 5.95. The van der Waals surface area contributed by atoms with Gasteiger partial charge in [0.25, 0.3) is 5.91 Å². The van der Waals surface area contributed by atoms with Gasteiger partial charge >= 0.3 is 0 Å². The molecule has 1 aromatic rings. The van der Waals surface area contributed by atoms with Crippen LogP contribution in [0.4, 0.5) is 0 Å². The molecule has 1 aliphatic heterocycles. The summed E-state index contributed by atoms with van der Waals surface area (Å²) in [6.07, 6.45) is 1.06. The summed E-state index contributed by atoms with van der Waals surface area (Å²) in [5.74, 6) is 0.604. The van der Waals surface area contributed by atoms with Gasteiger partial charge in [-0.05, 0) is 31.9 Å². The molecule has 0 bridgehead atoms. The lowest BCUT2D eigenvalue weighted by atomic mass is 10.0. The molecule has 1 heterocycles. The Morgan fingerprint density at radius 3 is 2.89 bits per heavy atom. The molecular formula is C15H21NO2. The summed E-state index contributed by atoms with van der Waals surface area (Å²) in [6, 6.07) is 6.02. The Bertz CT molecular complexity index is 436. The lowest BCUT2D eigenvalue weighted by molar-refractivity contribution is 0.0765. The molecule has 1 aliphatic rings. The maximum Gasteiger partial charge on any atom is 0.253 e. The van der Waals surface area contributed by atoms with Crippen LogP contribution < -0.4 is 0 Å². The van der Waals surface area contributed by atoms with Crippen molar-refractivity contribution in [3.63, 3.8) is 0 Å². The molecular weight excluding hydrogens is 226 g/mol. The Hall–Kier alpha value is -1.35. The first kappa shape index (κ1) is 13.1. The van der Waals surface area contributed by atoms with E-state index in [1.807, 2.05) is 44.0 Å². The van der Waals surface area contributed by atoms with E-state index in [9.17, 15) is 4.79 Å². The Balaban J connectivity index is 2.07. The second-order valence-electron chi connectivity index (χ2n) is 5.23. The molecule has 3 nitrogen and oxygen atoms in total. The number of nitrogens with zero attached hydrogens (tertiary/aromatic N) is 1. The third-order valence-electron chi connectivity index (χ3n) is 3.53. The smallest absolute Gasteiger partial charge is 0.253 e. The number of hydrogen-bond acceptors (Lipinski definition) is 2. The van der Waals surface area contributed by atoms with Crippen LogP contribution in [0.3, 0.4) is 0 Å². The van der Waals surface area contributed by atoms with Crippen molar-refractivity contribution in [2.45, 2.75) is 20.3 Å². The average molecular weight is 247 g/mol. The van der Waals surface area contributed by atoms with E-state index < -0.39 is 0 Å². The molecule has 0 aromatic heterocycles. The molecule has 1 saturated heterocycles. The predicted molar refractivity (Wildman–Crippen MR) is 71.8 cm³/mol. The van der Waals surface area contributed by atoms with Crippen molar-refractivity contribution in [1.29, 1.82) is 0 Å². The Labute approximate surface area is 109 Å². The molecule has 0 spiro atoms. The maximum atomic E-state index is 12.4.